The minimum absolute atomic E-state index is 0.0217. The van der Waals surface area contributed by atoms with Crippen molar-refractivity contribution in [2.24, 2.45) is 0 Å². The van der Waals surface area contributed by atoms with Crippen molar-refractivity contribution in [2.45, 2.75) is 25.4 Å². The molecule has 0 N–H and O–H groups in total. The third kappa shape index (κ3) is 3.45. The number of carbonyl (C=O) groups is 1. The van der Waals surface area contributed by atoms with Crippen LogP contribution in [-0.4, -0.2) is 18.0 Å². The minimum Gasteiger partial charge on any atom is -0.482 e. The van der Waals surface area contributed by atoms with Crippen LogP contribution in [0.1, 0.15) is 40.2 Å². The van der Waals surface area contributed by atoms with Crippen LogP contribution in [0.2, 0.25) is 0 Å². The lowest BCUT2D eigenvalue weighted by molar-refractivity contribution is -0.388. The molecule has 0 aliphatic heterocycles. The third-order valence-corrected chi connectivity index (χ3v) is 4.05. The lowest BCUT2D eigenvalue weighted by Gasteiger charge is -2.14. The molecule has 2 aromatic rings. The van der Waals surface area contributed by atoms with Gasteiger partial charge in [-0.2, -0.15) is 4.39 Å². The van der Waals surface area contributed by atoms with Gasteiger partial charge in [-0.1, -0.05) is 30.3 Å². The molecular formula is C18H16FNO5. The zero-order valence-corrected chi connectivity index (χ0v) is 13.5. The van der Waals surface area contributed by atoms with E-state index < -0.39 is 28.0 Å². The molecule has 0 radical (unpaired) electrons. The molecule has 0 atom stereocenters. The Bertz CT molecular complexity index is 818. The number of nitro benzene ring substituents is 1. The van der Waals surface area contributed by atoms with Gasteiger partial charge in [0.1, 0.15) is 12.2 Å². The number of nitro groups is 1. The Morgan fingerprint density at radius 1 is 1.32 bits per heavy atom. The Balaban J connectivity index is 2.06. The molecule has 1 aliphatic carbocycles. The first kappa shape index (κ1) is 16.9. The Morgan fingerprint density at radius 2 is 2.00 bits per heavy atom. The maximum atomic E-state index is 14.6. The summed E-state index contributed by atoms with van der Waals surface area (Å²) in [6.07, 6.45) is 1.62. The first-order valence-electron chi connectivity index (χ1n) is 7.78. The summed E-state index contributed by atoms with van der Waals surface area (Å²) in [5, 5.41) is 11.4. The normalized spacial score (nSPS) is 13.4. The molecule has 130 valence electrons. The SMILES string of the molecule is COC(=O)c1cc(C2CC2)c(OCc2ccccc2)c([N+](=O)[O-])c1F. The quantitative estimate of drug-likeness (QED) is 0.449. The second kappa shape index (κ2) is 6.88. The highest BCUT2D eigenvalue weighted by Gasteiger charge is 2.37. The summed E-state index contributed by atoms with van der Waals surface area (Å²) in [4.78, 5) is 22.4. The van der Waals surface area contributed by atoms with Crippen LogP contribution in [0, 0.1) is 15.9 Å². The van der Waals surface area contributed by atoms with Crippen LogP contribution < -0.4 is 4.74 Å². The van der Waals surface area contributed by atoms with Gasteiger partial charge in [0, 0.05) is 5.56 Å². The molecule has 2 aromatic carbocycles. The number of methoxy groups -OCH3 is 1. The lowest BCUT2D eigenvalue weighted by Crippen LogP contribution is -2.11. The zero-order chi connectivity index (χ0) is 18.0. The van der Waals surface area contributed by atoms with E-state index >= 15 is 0 Å². The van der Waals surface area contributed by atoms with Gasteiger partial charge in [0.2, 0.25) is 11.6 Å². The van der Waals surface area contributed by atoms with Crippen LogP contribution >= 0.6 is 0 Å². The molecule has 1 fully saturated rings. The highest BCUT2D eigenvalue weighted by atomic mass is 19.1. The number of ether oxygens (including phenoxy) is 2. The first-order valence-corrected chi connectivity index (χ1v) is 7.78. The molecule has 0 heterocycles. The standard InChI is InChI=1S/C18H16FNO5/c1-24-18(21)14-9-13(12-7-8-12)17(16(15(14)19)20(22)23)25-10-11-5-3-2-4-6-11/h2-6,9,12H,7-8,10H2,1H3. The van der Waals surface area contributed by atoms with E-state index in [9.17, 15) is 19.3 Å². The summed E-state index contributed by atoms with van der Waals surface area (Å²) in [6, 6.07) is 10.4. The van der Waals surface area contributed by atoms with Gasteiger partial charge in [-0.05, 0) is 30.4 Å². The molecule has 0 aromatic heterocycles. The molecule has 3 rings (SSSR count). The Labute approximate surface area is 143 Å². The molecular weight excluding hydrogens is 329 g/mol. The fraction of sp³-hybridized carbons (Fsp3) is 0.278. The summed E-state index contributed by atoms with van der Waals surface area (Å²) in [5.41, 5.74) is 0.0179. The number of halogens is 1. The second-order valence-corrected chi connectivity index (χ2v) is 5.80. The average Bonchev–Trinajstić information content (AvgIpc) is 3.44. The average molecular weight is 345 g/mol. The van der Waals surface area contributed by atoms with Crippen LogP contribution in [0.3, 0.4) is 0 Å². The van der Waals surface area contributed by atoms with Gasteiger partial charge in [-0.25, -0.2) is 4.79 Å². The first-order chi connectivity index (χ1) is 12.0. The molecule has 0 saturated heterocycles. The van der Waals surface area contributed by atoms with E-state index in [2.05, 4.69) is 4.74 Å². The molecule has 0 bridgehead atoms. The van der Waals surface area contributed by atoms with Crippen molar-refractivity contribution >= 4 is 11.7 Å². The van der Waals surface area contributed by atoms with Crippen LogP contribution in [0.4, 0.5) is 10.1 Å². The van der Waals surface area contributed by atoms with Crippen molar-refractivity contribution in [1.82, 2.24) is 0 Å². The van der Waals surface area contributed by atoms with Crippen molar-refractivity contribution in [3.8, 4) is 5.75 Å². The molecule has 1 saturated carbocycles. The van der Waals surface area contributed by atoms with Gasteiger partial charge >= 0.3 is 11.7 Å². The Morgan fingerprint density at radius 3 is 2.56 bits per heavy atom. The number of nitrogens with zero attached hydrogens (tertiary/aromatic N) is 1. The van der Waals surface area contributed by atoms with E-state index in [1.807, 2.05) is 30.3 Å². The van der Waals surface area contributed by atoms with Gasteiger partial charge < -0.3 is 9.47 Å². The molecule has 0 amide bonds. The zero-order valence-electron chi connectivity index (χ0n) is 13.5. The monoisotopic (exact) mass is 345 g/mol. The summed E-state index contributed by atoms with van der Waals surface area (Å²) in [7, 11) is 1.10. The molecule has 1 aliphatic rings. The molecule has 7 heteroatoms. The number of esters is 1. The van der Waals surface area contributed by atoms with Crippen molar-refractivity contribution < 1.29 is 23.6 Å². The second-order valence-electron chi connectivity index (χ2n) is 5.80. The fourth-order valence-electron chi connectivity index (χ4n) is 2.65. The Kier molecular flexibility index (Phi) is 4.65. The number of rotatable bonds is 6. The topological polar surface area (TPSA) is 78.7 Å². The van der Waals surface area contributed by atoms with E-state index in [0.717, 1.165) is 25.5 Å². The van der Waals surface area contributed by atoms with E-state index in [1.165, 1.54) is 6.07 Å². The molecule has 0 spiro atoms. The highest BCUT2D eigenvalue weighted by molar-refractivity contribution is 5.91. The van der Waals surface area contributed by atoms with E-state index in [4.69, 9.17) is 4.74 Å². The van der Waals surface area contributed by atoms with Crippen LogP contribution in [0.15, 0.2) is 36.4 Å². The van der Waals surface area contributed by atoms with Gasteiger partial charge in [0.15, 0.2) is 0 Å². The fourth-order valence-corrected chi connectivity index (χ4v) is 2.65. The molecule has 25 heavy (non-hydrogen) atoms. The number of hydrogen-bond donors (Lipinski definition) is 0. The highest BCUT2D eigenvalue weighted by Crippen LogP contribution is 2.49. The smallest absolute Gasteiger partial charge is 0.347 e. The van der Waals surface area contributed by atoms with Crippen molar-refractivity contribution in [2.75, 3.05) is 7.11 Å². The van der Waals surface area contributed by atoms with Crippen LogP contribution in [0.25, 0.3) is 0 Å². The van der Waals surface area contributed by atoms with Gasteiger partial charge in [0.05, 0.1) is 12.0 Å². The van der Waals surface area contributed by atoms with Crippen molar-refractivity contribution in [3.05, 3.63) is 69.0 Å². The van der Waals surface area contributed by atoms with Gasteiger partial charge in [0.25, 0.3) is 0 Å². The van der Waals surface area contributed by atoms with E-state index in [-0.39, 0.29) is 18.3 Å². The van der Waals surface area contributed by atoms with Gasteiger partial charge in [-0.15, -0.1) is 0 Å². The predicted octanol–water partition coefficient (Wildman–Crippen LogP) is 3.98. The number of hydrogen-bond acceptors (Lipinski definition) is 5. The number of benzene rings is 2. The van der Waals surface area contributed by atoms with Crippen molar-refractivity contribution in [1.29, 1.82) is 0 Å². The van der Waals surface area contributed by atoms with E-state index in [0.29, 0.717) is 5.56 Å². The summed E-state index contributed by atoms with van der Waals surface area (Å²) >= 11 is 0. The number of carbonyl (C=O) groups excluding carboxylic acids is 1. The molecule has 0 unspecified atom stereocenters. The Hall–Kier alpha value is -2.96. The molecule has 6 nitrogen and oxygen atoms in total. The minimum atomic E-state index is -1.23. The maximum absolute atomic E-state index is 14.6. The lowest BCUT2D eigenvalue weighted by atomic mass is 10.0. The maximum Gasteiger partial charge on any atom is 0.347 e. The van der Waals surface area contributed by atoms with Crippen LogP contribution in [0.5, 0.6) is 5.75 Å². The van der Waals surface area contributed by atoms with E-state index in [1.54, 1.807) is 0 Å². The summed E-state index contributed by atoms with van der Waals surface area (Å²) in [6.45, 7) is 0.0679. The summed E-state index contributed by atoms with van der Waals surface area (Å²) < 4.78 is 24.8. The largest absolute Gasteiger partial charge is 0.482 e. The van der Waals surface area contributed by atoms with Crippen molar-refractivity contribution in [3.63, 3.8) is 0 Å². The predicted molar refractivity (Wildman–Crippen MR) is 87.1 cm³/mol. The third-order valence-electron chi connectivity index (χ3n) is 4.05. The van der Waals surface area contributed by atoms with Gasteiger partial charge in [-0.3, -0.25) is 10.1 Å². The summed E-state index contributed by atoms with van der Waals surface area (Å²) in [5.74, 6) is -2.27. The van der Waals surface area contributed by atoms with Crippen LogP contribution in [-0.2, 0) is 11.3 Å².